The minimum atomic E-state index is -0.849. The van der Waals surface area contributed by atoms with Gasteiger partial charge in [-0.3, -0.25) is 9.59 Å². The second-order valence-corrected chi connectivity index (χ2v) is 12.1. The number of amides is 1. The van der Waals surface area contributed by atoms with Gasteiger partial charge in [0.05, 0.1) is 23.8 Å². The zero-order chi connectivity index (χ0) is 31.8. The molecular weight excluding hydrogens is 588 g/mol. The summed E-state index contributed by atoms with van der Waals surface area (Å²) in [6.45, 7) is 5.29. The van der Waals surface area contributed by atoms with Crippen molar-refractivity contribution in [1.29, 1.82) is 0 Å². The molecular formula is C36H38N2O6S. The number of nitrogens with one attached hydrogen (secondary N) is 1. The molecule has 5 atom stereocenters. The number of ether oxygens (including phenoxy) is 3. The van der Waals surface area contributed by atoms with Crippen molar-refractivity contribution in [3.05, 3.63) is 119 Å². The number of carbonyl (C=O) groups is 2. The highest BCUT2D eigenvalue weighted by Crippen LogP contribution is 2.43. The topological polar surface area (TPSA) is 107 Å². The second kappa shape index (κ2) is 15.3. The van der Waals surface area contributed by atoms with Crippen LogP contribution in [0.25, 0.3) is 11.1 Å². The van der Waals surface area contributed by atoms with E-state index in [0.29, 0.717) is 6.54 Å². The number of thioether (sulfide) groups is 1. The minimum Gasteiger partial charge on any atom is -0.453 e. The number of esters is 1. The second-order valence-electron chi connectivity index (χ2n) is 11.1. The molecule has 4 aromatic rings. The lowest BCUT2D eigenvalue weighted by Gasteiger charge is -2.41. The Kier molecular flexibility index (Phi) is 11.0. The number of benzene rings is 3. The molecule has 5 unspecified atom stereocenters. The monoisotopic (exact) mass is 626 g/mol. The Bertz CT molecular complexity index is 1560. The molecule has 234 valence electrons. The van der Waals surface area contributed by atoms with Crippen molar-refractivity contribution >= 4 is 23.6 Å². The van der Waals surface area contributed by atoms with Gasteiger partial charge in [0.25, 0.3) is 5.91 Å². The molecule has 0 bridgehead atoms. The molecule has 1 saturated heterocycles. The fraction of sp³-hybridized carbons (Fsp3) is 0.306. The number of aromatic nitrogens is 1. The third kappa shape index (κ3) is 8.58. The number of pyridine rings is 1. The first kappa shape index (κ1) is 32.4. The summed E-state index contributed by atoms with van der Waals surface area (Å²) in [7, 11) is 0. The zero-order valence-electron chi connectivity index (χ0n) is 25.6. The molecule has 0 saturated carbocycles. The molecule has 1 fully saturated rings. The maximum absolute atomic E-state index is 12.3. The predicted octanol–water partition coefficient (Wildman–Crippen LogP) is 6.39. The number of nitrogens with zero attached hydrogens (tertiary/aromatic N) is 1. The molecule has 8 nitrogen and oxygen atoms in total. The predicted molar refractivity (Wildman–Crippen MR) is 173 cm³/mol. The van der Waals surface area contributed by atoms with Crippen LogP contribution < -0.4 is 5.32 Å². The summed E-state index contributed by atoms with van der Waals surface area (Å²) in [5.74, 6) is -0.0320. The number of hydrogen-bond acceptors (Lipinski definition) is 8. The third-order valence-corrected chi connectivity index (χ3v) is 8.81. The molecule has 3 aromatic carbocycles. The van der Waals surface area contributed by atoms with Gasteiger partial charge in [0.1, 0.15) is 0 Å². The summed E-state index contributed by atoms with van der Waals surface area (Å²) in [5, 5.41) is 13.3. The van der Waals surface area contributed by atoms with Crippen molar-refractivity contribution < 1.29 is 28.9 Å². The normalized spacial score (nSPS) is 20.3. The summed E-state index contributed by atoms with van der Waals surface area (Å²) >= 11 is 1.67. The largest absolute Gasteiger partial charge is 0.453 e. The van der Waals surface area contributed by atoms with Gasteiger partial charge < -0.3 is 24.6 Å². The number of hydrogen-bond donors (Lipinski definition) is 2. The molecule has 2 heterocycles. The van der Waals surface area contributed by atoms with Gasteiger partial charge in [0, 0.05) is 36.9 Å². The molecule has 1 aliphatic rings. The highest BCUT2D eigenvalue weighted by atomic mass is 32.2. The quantitative estimate of drug-likeness (QED) is 0.146. The van der Waals surface area contributed by atoms with Crippen LogP contribution >= 0.6 is 11.8 Å². The lowest BCUT2D eigenvalue weighted by atomic mass is 9.91. The molecule has 0 aliphatic carbocycles. The van der Waals surface area contributed by atoms with Gasteiger partial charge in [-0.2, -0.15) is 0 Å². The third-order valence-electron chi connectivity index (χ3n) is 7.78. The molecule has 1 amide bonds. The van der Waals surface area contributed by atoms with E-state index < -0.39 is 18.4 Å². The van der Waals surface area contributed by atoms with E-state index in [-0.39, 0.29) is 30.6 Å². The van der Waals surface area contributed by atoms with Crippen molar-refractivity contribution in [1.82, 2.24) is 10.3 Å². The first-order valence-electron chi connectivity index (χ1n) is 15.0. The van der Waals surface area contributed by atoms with E-state index in [4.69, 9.17) is 14.2 Å². The van der Waals surface area contributed by atoms with Gasteiger partial charge in [-0.1, -0.05) is 79.7 Å². The van der Waals surface area contributed by atoms with Gasteiger partial charge >= 0.3 is 5.97 Å². The smallest absolute Gasteiger partial charge is 0.303 e. The van der Waals surface area contributed by atoms with Gasteiger partial charge in [-0.15, -0.1) is 11.8 Å². The van der Waals surface area contributed by atoms with Crippen LogP contribution in [0.3, 0.4) is 0 Å². The van der Waals surface area contributed by atoms with E-state index in [9.17, 15) is 14.7 Å². The Labute approximate surface area is 268 Å². The van der Waals surface area contributed by atoms with E-state index in [1.807, 2.05) is 91.0 Å². The molecule has 5 rings (SSSR count). The highest BCUT2D eigenvalue weighted by Gasteiger charge is 2.38. The number of rotatable bonds is 11. The number of aliphatic hydroxyl groups excluding tert-OH is 1. The van der Waals surface area contributed by atoms with Crippen molar-refractivity contribution in [2.24, 2.45) is 5.92 Å². The van der Waals surface area contributed by atoms with Crippen molar-refractivity contribution in [2.75, 3.05) is 5.75 Å². The average Bonchev–Trinajstić information content (AvgIpc) is 3.07. The van der Waals surface area contributed by atoms with Crippen molar-refractivity contribution in [3.8, 4) is 11.1 Å². The SMILES string of the molecule is CC(=O)OC(C)C(=O)NCc1cccc(-c2ccc(C3OC(CSc4ccccn4)C(C)C(c4ccc(CO)cc4)O3)cc2)c1. The lowest BCUT2D eigenvalue weighted by molar-refractivity contribution is -0.268. The van der Waals surface area contributed by atoms with Gasteiger partial charge in [-0.25, -0.2) is 4.98 Å². The summed E-state index contributed by atoms with van der Waals surface area (Å²) in [6.07, 6.45) is 0.102. The fourth-order valence-electron chi connectivity index (χ4n) is 5.24. The zero-order valence-corrected chi connectivity index (χ0v) is 26.4. The van der Waals surface area contributed by atoms with Gasteiger partial charge in [0.2, 0.25) is 0 Å². The van der Waals surface area contributed by atoms with Crippen molar-refractivity contribution in [3.63, 3.8) is 0 Å². The van der Waals surface area contributed by atoms with Crippen LogP contribution in [0.2, 0.25) is 0 Å². The van der Waals surface area contributed by atoms with Crippen LogP contribution in [0.4, 0.5) is 0 Å². The number of carbonyl (C=O) groups excluding carboxylic acids is 2. The molecule has 2 N–H and O–H groups in total. The Morgan fingerprint density at radius 3 is 2.38 bits per heavy atom. The van der Waals surface area contributed by atoms with Crippen LogP contribution in [0.15, 0.2) is 102 Å². The first-order valence-corrected chi connectivity index (χ1v) is 16.0. The summed E-state index contributed by atoms with van der Waals surface area (Å²) in [6, 6.07) is 29.9. The Balaban J connectivity index is 1.31. The fourth-order valence-corrected chi connectivity index (χ4v) is 6.27. The molecule has 0 radical (unpaired) electrons. The van der Waals surface area contributed by atoms with Crippen LogP contribution in [-0.4, -0.2) is 39.9 Å². The average molecular weight is 627 g/mol. The van der Waals surface area contributed by atoms with E-state index in [1.165, 1.54) is 6.92 Å². The molecule has 1 aliphatic heterocycles. The first-order chi connectivity index (χ1) is 21.8. The van der Waals surface area contributed by atoms with Crippen LogP contribution in [0.1, 0.15) is 55.4 Å². The molecule has 9 heteroatoms. The summed E-state index contributed by atoms with van der Waals surface area (Å²) < 4.78 is 18.1. The van der Waals surface area contributed by atoms with Crippen LogP contribution in [0.5, 0.6) is 0 Å². The summed E-state index contributed by atoms with van der Waals surface area (Å²) in [4.78, 5) is 27.9. The minimum absolute atomic E-state index is 0.00435. The van der Waals surface area contributed by atoms with Crippen LogP contribution in [-0.2, 0) is 37.0 Å². The lowest BCUT2D eigenvalue weighted by Crippen LogP contribution is -2.38. The maximum Gasteiger partial charge on any atom is 0.303 e. The molecule has 45 heavy (non-hydrogen) atoms. The summed E-state index contributed by atoms with van der Waals surface area (Å²) in [5.41, 5.74) is 5.77. The Morgan fingerprint density at radius 1 is 0.933 bits per heavy atom. The van der Waals surface area contributed by atoms with E-state index >= 15 is 0 Å². The van der Waals surface area contributed by atoms with Crippen molar-refractivity contribution in [2.45, 2.75) is 63.6 Å². The Morgan fingerprint density at radius 2 is 1.69 bits per heavy atom. The van der Waals surface area contributed by atoms with E-state index in [1.54, 1.807) is 24.9 Å². The van der Waals surface area contributed by atoms with E-state index in [2.05, 4.69) is 17.2 Å². The van der Waals surface area contributed by atoms with E-state index in [0.717, 1.165) is 44.2 Å². The standard InChI is InChI=1S/C36H38N2O6S/c1-23-32(22-45-33-9-4-5-18-37-33)43-36(44-34(23)29-12-10-26(21-39)11-13-29)30-16-14-28(15-17-30)31-8-6-7-27(19-31)20-38-35(41)24(2)42-25(3)40/h4-19,23-24,32,34,36,39H,20-22H2,1-3H3,(H,38,41). The Hall–Kier alpha value is -4.02. The molecule has 1 aromatic heterocycles. The number of aliphatic hydroxyl groups is 1. The maximum atomic E-state index is 12.3. The highest BCUT2D eigenvalue weighted by molar-refractivity contribution is 7.99. The van der Waals surface area contributed by atoms with Gasteiger partial charge in [0.15, 0.2) is 12.4 Å². The molecule has 0 spiro atoms. The van der Waals surface area contributed by atoms with Gasteiger partial charge in [-0.05, 0) is 52.9 Å². The van der Waals surface area contributed by atoms with Crippen LogP contribution in [0, 0.1) is 5.92 Å².